The Hall–Kier alpha value is -4.08. The van der Waals surface area contributed by atoms with E-state index in [1.54, 1.807) is 18.2 Å². The first-order chi connectivity index (χ1) is 16.8. The van der Waals surface area contributed by atoms with Gasteiger partial charge in [-0.3, -0.25) is 4.79 Å². The van der Waals surface area contributed by atoms with E-state index in [1.165, 1.54) is 35.2 Å². The van der Waals surface area contributed by atoms with Crippen LogP contribution >= 0.6 is 23.2 Å². The topological polar surface area (TPSA) is 117 Å². The zero-order valence-electron chi connectivity index (χ0n) is 17.5. The molecule has 0 aliphatic heterocycles. The molecule has 6 rings (SSSR count). The highest BCUT2D eigenvalue weighted by molar-refractivity contribution is 6.32. The number of imidazole rings is 1. The van der Waals surface area contributed by atoms with Gasteiger partial charge in [-0.15, -0.1) is 0 Å². The maximum absolute atomic E-state index is 15.0. The minimum absolute atomic E-state index is 0.0417. The highest BCUT2D eigenvalue weighted by Gasteiger charge is 2.29. The summed E-state index contributed by atoms with van der Waals surface area (Å²) in [5.41, 5.74) is 1.58. The number of H-pyrrole nitrogens is 2. The normalized spacial score (nSPS) is 11.7. The van der Waals surface area contributed by atoms with E-state index >= 15 is 4.39 Å². The molecule has 0 spiro atoms. The lowest BCUT2D eigenvalue weighted by Gasteiger charge is -2.11. The number of aromatic amines is 2. The lowest BCUT2D eigenvalue weighted by Crippen LogP contribution is -2.13. The van der Waals surface area contributed by atoms with Crippen LogP contribution in [-0.2, 0) is 6.54 Å². The zero-order valence-corrected chi connectivity index (χ0v) is 19.0. The van der Waals surface area contributed by atoms with Gasteiger partial charge < -0.3 is 24.1 Å². The SMILES string of the molecule is O=C(O)c1c(-c2ccc[nH]c2=O)c2c3occc3c(F)cc2n1Cc1cc2[nH]c(Cl)nc2cc1Cl. The van der Waals surface area contributed by atoms with Crippen LogP contribution in [0.4, 0.5) is 4.39 Å². The van der Waals surface area contributed by atoms with E-state index in [1.807, 2.05) is 0 Å². The molecule has 0 fully saturated rings. The maximum Gasteiger partial charge on any atom is 0.353 e. The van der Waals surface area contributed by atoms with Gasteiger partial charge in [0, 0.05) is 23.3 Å². The van der Waals surface area contributed by atoms with Crippen LogP contribution in [0.3, 0.4) is 0 Å². The summed E-state index contributed by atoms with van der Waals surface area (Å²) in [5.74, 6) is -1.89. The number of hydrogen-bond donors (Lipinski definition) is 3. The molecule has 0 radical (unpaired) electrons. The molecule has 0 bridgehead atoms. The van der Waals surface area contributed by atoms with Crippen molar-refractivity contribution in [3.05, 3.63) is 86.6 Å². The smallest absolute Gasteiger partial charge is 0.353 e. The summed E-state index contributed by atoms with van der Waals surface area (Å²) >= 11 is 12.5. The average molecular weight is 511 g/mol. The molecule has 174 valence electrons. The number of aromatic carboxylic acids is 1. The second kappa shape index (κ2) is 7.72. The molecule has 8 nitrogen and oxygen atoms in total. The summed E-state index contributed by atoms with van der Waals surface area (Å²) in [5, 5.41) is 11.3. The molecule has 0 aliphatic carbocycles. The third-order valence-electron chi connectivity index (χ3n) is 5.96. The first kappa shape index (κ1) is 21.5. The Kier molecular flexibility index (Phi) is 4.73. The Morgan fingerprint density at radius 3 is 2.83 bits per heavy atom. The van der Waals surface area contributed by atoms with E-state index in [0.29, 0.717) is 27.0 Å². The van der Waals surface area contributed by atoms with E-state index in [-0.39, 0.29) is 45.1 Å². The van der Waals surface area contributed by atoms with Crippen molar-refractivity contribution >= 4 is 62.1 Å². The Morgan fingerprint density at radius 1 is 1.23 bits per heavy atom. The summed E-state index contributed by atoms with van der Waals surface area (Å²) < 4.78 is 22.0. The fourth-order valence-electron chi connectivity index (χ4n) is 4.51. The lowest BCUT2D eigenvalue weighted by molar-refractivity contribution is 0.0687. The molecule has 6 aromatic rings. The number of fused-ring (bicyclic) bond motifs is 4. The van der Waals surface area contributed by atoms with Crippen molar-refractivity contribution in [2.45, 2.75) is 6.54 Å². The van der Waals surface area contributed by atoms with Crippen molar-refractivity contribution in [2.24, 2.45) is 0 Å². The minimum Gasteiger partial charge on any atom is -0.477 e. The third-order valence-corrected chi connectivity index (χ3v) is 6.49. The molecule has 4 aromatic heterocycles. The first-order valence-electron chi connectivity index (χ1n) is 10.3. The molecule has 35 heavy (non-hydrogen) atoms. The third kappa shape index (κ3) is 3.23. The number of nitrogens with zero attached hydrogens (tertiary/aromatic N) is 2. The fourth-order valence-corrected chi connectivity index (χ4v) is 4.92. The van der Waals surface area contributed by atoms with Crippen molar-refractivity contribution in [3.63, 3.8) is 0 Å². The number of pyridine rings is 1. The van der Waals surface area contributed by atoms with Gasteiger partial charge in [0.15, 0.2) is 0 Å². The molecule has 0 aliphatic rings. The Morgan fingerprint density at radius 2 is 2.06 bits per heavy atom. The Balaban J connectivity index is 1.73. The van der Waals surface area contributed by atoms with Crippen LogP contribution in [0.2, 0.25) is 10.3 Å². The predicted octanol–water partition coefficient (Wildman–Crippen LogP) is 5.81. The van der Waals surface area contributed by atoms with Crippen LogP contribution in [-0.4, -0.2) is 30.6 Å². The van der Waals surface area contributed by atoms with Crippen molar-refractivity contribution < 1.29 is 18.7 Å². The van der Waals surface area contributed by atoms with Gasteiger partial charge in [0.25, 0.3) is 5.56 Å². The van der Waals surface area contributed by atoms with Crippen LogP contribution in [0.25, 0.3) is 44.0 Å². The molecule has 0 atom stereocenters. The van der Waals surface area contributed by atoms with Gasteiger partial charge in [0.05, 0.1) is 39.1 Å². The summed E-state index contributed by atoms with van der Waals surface area (Å²) in [7, 11) is 0. The van der Waals surface area contributed by atoms with E-state index in [0.717, 1.165) is 0 Å². The number of aromatic nitrogens is 4. The largest absolute Gasteiger partial charge is 0.477 e. The molecule has 4 heterocycles. The van der Waals surface area contributed by atoms with Gasteiger partial charge in [-0.1, -0.05) is 11.6 Å². The number of carboxylic acids is 1. The summed E-state index contributed by atoms with van der Waals surface area (Å²) in [6.07, 6.45) is 2.76. The number of carboxylic acid groups (broad SMARTS) is 1. The van der Waals surface area contributed by atoms with Crippen molar-refractivity contribution in [1.29, 1.82) is 0 Å². The van der Waals surface area contributed by atoms with E-state index in [2.05, 4.69) is 15.0 Å². The molecule has 2 aromatic carbocycles. The second-order valence-electron chi connectivity index (χ2n) is 7.93. The van der Waals surface area contributed by atoms with Gasteiger partial charge >= 0.3 is 5.97 Å². The van der Waals surface area contributed by atoms with E-state index in [9.17, 15) is 14.7 Å². The number of furan rings is 1. The van der Waals surface area contributed by atoms with Gasteiger partial charge in [0.2, 0.25) is 5.28 Å². The molecule has 11 heteroatoms. The lowest BCUT2D eigenvalue weighted by atomic mass is 10.0. The van der Waals surface area contributed by atoms with Crippen molar-refractivity contribution in [1.82, 2.24) is 19.5 Å². The minimum atomic E-state index is -1.30. The predicted molar refractivity (Wildman–Crippen MR) is 130 cm³/mol. The highest BCUT2D eigenvalue weighted by atomic mass is 35.5. The first-order valence-corrected chi connectivity index (χ1v) is 11.1. The van der Waals surface area contributed by atoms with Crippen LogP contribution < -0.4 is 5.56 Å². The summed E-state index contributed by atoms with van der Waals surface area (Å²) in [6, 6.07) is 9.09. The highest BCUT2D eigenvalue weighted by Crippen LogP contribution is 2.40. The van der Waals surface area contributed by atoms with Crippen molar-refractivity contribution in [3.8, 4) is 11.1 Å². The van der Waals surface area contributed by atoms with Gasteiger partial charge in [-0.05, 0) is 53.6 Å². The van der Waals surface area contributed by atoms with Crippen LogP contribution in [0.15, 0.2) is 58.1 Å². The molecule has 0 unspecified atom stereocenters. The number of hydrogen-bond acceptors (Lipinski definition) is 4. The molecule has 0 saturated carbocycles. The molecular weight excluding hydrogens is 498 g/mol. The van der Waals surface area contributed by atoms with Gasteiger partial charge in [-0.2, -0.15) is 0 Å². The van der Waals surface area contributed by atoms with Crippen LogP contribution in [0.5, 0.6) is 0 Å². The van der Waals surface area contributed by atoms with Crippen LogP contribution in [0, 0.1) is 5.82 Å². The number of halogens is 3. The molecule has 0 amide bonds. The number of rotatable bonds is 4. The van der Waals surface area contributed by atoms with Gasteiger partial charge in [0.1, 0.15) is 17.1 Å². The Labute approximate surface area is 204 Å². The average Bonchev–Trinajstić information content (AvgIpc) is 3.50. The van der Waals surface area contributed by atoms with E-state index in [4.69, 9.17) is 27.6 Å². The standard InChI is InChI=1S/C24H13Cl2FN4O4/c25-13-7-16-15(29-24(26)30-16)6-10(13)9-31-17-8-14(27)11-3-5-35-21(11)19(17)18(20(31)23(33)34)12-2-1-4-28-22(12)32/h1-8H,9H2,(H,28,32)(H,29,30)(H,33,34). The summed E-state index contributed by atoms with van der Waals surface area (Å²) in [6.45, 7) is -0.0417. The molecule has 3 N–H and O–H groups in total. The fraction of sp³-hybridized carbons (Fsp3) is 0.0417. The van der Waals surface area contributed by atoms with Gasteiger partial charge in [-0.25, -0.2) is 14.2 Å². The summed E-state index contributed by atoms with van der Waals surface area (Å²) in [4.78, 5) is 35.0. The van der Waals surface area contributed by atoms with Crippen molar-refractivity contribution in [2.75, 3.05) is 0 Å². The number of carbonyl (C=O) groups is 1. The monoisotopic (exact) mass is 510 g/mol. The zero-order chi connectivity index (χ0) is 24.4. The number of nitrogens with one attached hydrogen (secondary N) is 2. The maximum atomic E-state index is 15.0. The van der Waals surface area contributed by atoms with E-state index < -0.39 is 17.3 Å². The Bertz CT molecular complexity index is 1880. The molecule has 0 saturated heterocycles. The quantitative estimate of drug-likeness (QED) is 0.276. The molecular formula is C24H13Cl2FN4O4. The van der Waals surface area contributed by atoms with Crippen LogP contribution in [0.1, 0.15) is 16.1 Å². The number of benzene rings is 2. The second-order valence-corrected chi connectivity index (χ2v) is 8.70.